The first-order valence-electron chi connectivity index (χ1n) is 8.40. The van der Waals surface area contributed by atoms with Gasteiger partial charge in [0.1, 0.15) is 0 Å². The lowest BCUT2D eigenvalue weighted by atomic mass is 9.96. The highest BCUT2D eigenvalue weighted by atomic mass is 15.2. The second-order valence-electron chi connectivity index (χ2n) is 6.32. The molecule has 2 N–H and O–H groups in total. The van der Waals surface area contributed by atoms with E-state index < -0.39 is 0 Å². The van der Waals surface area contributed by atoms with Crippen molar-refractivity contribution < 1.29 is 0 Å². The highest BCUT2D eigenvalue weighted by Gasteiger charge is 2.16. The topological polar surface area (TPSA) is 75.6 Å². The average Bonchev–Trinajstić information content (AvgIpc) is 2.56. The number of nitrogens with zero attached hydrogens (tertiary/aromatic N) is 4. The van der Waals surface area contributed by atoms with Gasteiger partial charge in [-0.1, -0.05) is 19.3 Å². The van der Waals surface area contributed by atoms with Crippen molar-refractivity contribution >= 4 is 11.9 Å². The molecule has 0 aromatic carbocycles. The van der Waals surface area contributed by atoms with E-state index in [1.165, 1.54) is 32.1 Å². The average molecular weight is 312 g/mol. The summed E-state index contributed by atoms with van der Waals surface area (Å²) in [6, 6.07) is 4.56. The van der Waals surface area contributed by atoms with Gasteiger partial charge in [0.15, 0.2) is 5.82 Å². The minimum Gasteiger partial charge on any atom is -0.352 e. The number of aromatic nitrogens is 4. The fourth-order valence-corrected chi connectivity index (χ4v) is 2.82. The van der Waals surface area contributed by atoms with Gasteiger partial charge in [-0.15, -0.1) is 0 Å². The number of hydrogen-bond acceptors (Lipinski definition) is 6. The molecule has 0 atom stereocenters. The van der Waals surface area contributed by atoms with Crippen LogP contribution >= 0.6 is 0 Å². The number of nitrogens with one attached hydrogen (secondary N) is 2. The lowest BCUT2D eigenvalue weighted by molar-refractivity contribution is 0.461. The number of anilines is 2. The van der Waals surface area contributed by atoms with Gasteiger partial charge in [0.2, 0.25) is 11.9 Å². The fourth-order valence-electron chi connectivity index (χ4n) is 2.82. The molecule has 122 valence electrons. The van der Waals surface area contributed by atoms with Gasteiger partial charge < -0.3 is 10.6 Å². The zero-order chi connectivity index (χ0) is 16.1. The van der Waals surface area contributed by atoms with Gasteiger partial charge in [0.05, 0.1) is 0 Å². The first-order valence-corrected chi connectivity index (χ1v) is 8.40. The Balaban J connectivity index is 1.87. The zero-order valence-electron chi connectivity index (χ0n) is 13.8. The molecule has 0 bridgehead atoms. The number of hydrogen-bond donors (Lipinski definition) is 2. The van der Waals surface area contributed by atoms with Crippen molar-refractivity contribution in [1.29, 1.82) is 0 Å². The molecule has 2 heterocycles. The SMILES string of the molecule is CC(C)Nc1nc(NC2CCCCC2)nc(-c2ccncc2)n1. The number of rotatable bonds is 5. The Morgan fingerprint density at radius 3 is 2.35 bits per heavy atom. The summed E-state index contributed by atoms with van der Waals surface area (Å²) >= 11 is 0. The fraction of sp³-hybridized carbons (Fsp3) is 0.529. The smallest absolute Gasteiger partial charge is 0.228 e. The Bertz CT molecular complexity index is 622. The van der Waals surface area contributed by atoms with E-state index >= 15 is 0 Å². The van der Waals surface area contributed by atoms with E-state index in [9.17, 15) is 0 Å². The lowest BCUT2D eigenvalue weighted by Gasteiger charge is -2.23. The normalized spacial score (nSPS) is 15.6. The Morgan fingerprint density at radius 1 is 0.957 bits per heavy atom. The minimum absolute atomic E-state index is 0.269. The third kappa shape index (κ3) is 4.37. The van der Waals surface area contributed by atoms with Crippen LogP contribution in [0.4, 0.5) is 11.9 Å². The van der Waals surface area contributed by atoms with Gasteiger partial charge in [0.25, 0.3) is 0 Å². The van der Waals surface area contributed by atoms with Crippen molar-refractivity contribution in [2.45, 2.75) is 58.0 Å². The van der Waals surface area contributed by atoms with Crippen LogP contribution < -0.4 is 10.6 Å². The summed E-state index contributed by atoms with van der Waals surface area (Å²) in [6.07, 6.45) is 9.75. The van der Waals surface area contributed by atoms with Crippen LogP contribution in [0.3, 0.4) is 0 Å². The molecule has 0 aliphatic heterocycles. The summed E-state index contributed by atoms with van der Waals surface area (Å²) in [7, 11) is 0. The highest BCUT2D eigenvalue weighted by Crippen LogP contribution is 2.22. The molecule has 0 spiro atoms. The van der Waals surface area contributed by atoms with E-state index in [1.807, 2.05) is 12.1 Å². The molecule has 1 aliphatic rings. The molecule has 0 unspecified atom stereocenters. The quantitative estimate of drug-likeness (QED) is 0.880. The molecule has 23 heavy (non-hydrogen) atoms. The second kappa shape index (κ2) is 7.35. The summed E-state index contributed by atoms with van der Waals surface area (Å²) in [6.45, 7) is 4.15. The summed E-state index contributed by atoms with van der Waals surface area (Å²) in [4.78, 5) is 17.7. The van der Waals surface area contributed by atoms with Crippen LogP contribution in [0.15, 0.2) is 24.5 Å². The standard InChI is InChI=1S/C17H24N6/c1-12(2)19-16-21-15(13-8-10-18-11-9-13)22-17(23-16)20-14-6-4-3-5-7-14/h8-12,14H,3-7H2,1-2H3,(H2,19,20,21,22,23). The van der Waals surface area contributed by atoms with Crippen LogP contribution in [-0.4, -0.2) is 32.0 Å². The van der Waals surface area contributed by atoms with Crippen molar-refractivity contribution in [2.75, 3.05) is 10.6 Å². The van der Waals surface area contributed by atoms with Crippen LogP contribution in [0.5, 0.6) is 0 Å². The third-order valence-corrected chi connectivity index (χ3v) is 3.93. The number of pyridine rings is 1. The molecule has 6 heteroatoms. The Labute approximate surface area is 137 Å². The van der Waals surface area contributed by atoms with Crippen molar-refractivity contribution in [2.24, 2.45) is 0 Å². The van der Waals surface area contributed by atoms with Crippen molar-refractivity contribution in [1.82, 2.24) is 19.9 Å². The van der Waals surface area contributed by atoms with Crippen LogP contribution in [0.1, 0.15) is 46.0 Å². The summed E-state index contributed by atoms with van der Waals surface area (Å²) in [5.74, 6) is 1.94. The molecular formula is C17H24N6. The van der Waals surface area contributed by atoms with Gasteiger partial charge in [0, 0.05) is 30.0 Å². The summed E-state index contributed by atoms with van der Waals surface area (Å²) < 4.78 is 0. The molecule has 0 saturated heterocycles. The third-order valence-electron chi connectivity index (χ3n) is 3.93. The van der Waals surface area contributed by atoms with Crippen LogP contribution in [0.25, 0.3) is 11.4 Å². The maximum atomic E-state index is 4.60. The van der Waals surface area contributed by atoms with Gasteiger partial charge in [-0.05, 0) is 38.8 Å². The minimum atomic E-state index is 0.269. The molecule has 0 amide bonds. The first kappa shape index (κ1) is 15.6. The molecule has 1 aliphatic carbocycles. The van der Waals surface area contributed by atoms with Gasteiger partial charge >= 0.3 is 0 Å². The van der Waals surface area contributed by atoms with Crippen LogP contribution in [0, 0.1) is 0 Å². The Hall–Kier alpha value is -2.24. The first-order chi connectivity index (χ1) is 11.2. The van der Waals surface area contributed by atoms with Gasteiger partial charge in [-0.25, -0.2) is 0 Å². The predicted octanol–water partition coefficient (Wildman–Crippen LogP) is 3.50. The van der Waals surface area contributed by atoms with E-state index in [1.54, 1.807) is 12.4 Å². The van der Waals surface area contributed by atoms with E-state index in [2.05, 4.69) is 44.4 Å². The molecule has 3 rings (SSSR count). The van der Waals surface area contributed by atoms with E-state index in [-0.39, 0.29) is 6.04 Å². The Kier molecular flexibility index (Phi) is 5.00. The second-order valence-corrected chi connectivity index (χ2v) is 6.32. The summed E-state index contributed by atoms with van der Waals surface area (Å²) in [5.41, 5.74) is 0.945. The van der Waals surface area contributed by atoms with Crippen molar-refractivity contribution in [3.8, 4) is 11.4 Å². The predicted molar refractivity (Wildman–Crippen MR) is 92.3 cm³/mol. The van der Waals surface area contributed by atoms with Crippen LogP contribution in [-0.2, 0) is 0 Å². The van der Waals surface area contributed by atoms with E-state index in [0.717, 1.165) is 5.56 Å². The maximum absolute atomic E-state index is 4.60. The molecule has 2 aromatic heterocycles. The van der Waals surface area contributed by atoms with E-state index in [4.69, 9.17) is 0 Å². The van der Waals surface area contributed by atoms with Crippen molar-refractivity contribution in [3.05, 3.63) is 24.5 Å². The monoisotopic (exact) mass is 312 g/mol. The largest absolute Gasteiger partial charge is 0.352 e. The Morgan fingerprint density at radius 2 is 1.65 bits per heavy atom. The zero-order valence-corrected chi connectivity index (χ0v) is 13.8. The van der Waals surface area contributed by atoms with Gasteiger partial charge in [-0.2, -0.15) is 15.0 Å². The molecular weight excluding hydrogens is 288 g/mol. The van der Waals surface area contributed by atoms with Crippen molar-refractivity contribution in [3.63, 3.8) is 0 Å². The molecule has 0 radical (unpaired) electrons. The maximum Gasteiger partial charge on any atom is 0.228 e. The van der Waals surface area contributed by atoms with Crippen LogP contribution in [0.2, 0.25) is 0 Å². The van der Waals surface area contributed by atoms with Gasteiger partial charge in [-0.3, -0.25) is 4.98 Å². The highest BCUT2D eigenvalue weighted by molar-refractivity contribution is 5.57. The molecule has 1 fully saturated rings. The molecule has 1 saturated carbocycles. The molecule has 6 nitrogen and oxygen atoms in total. The van der Waals surface area contributed by atoms with E-state index in [0.29, 0.717) is 23.8 Å². The summed E-state index contributed by atoms with van der Waals surface area (Å²) in [5, 5.41) is 6.76. The lowest BCUT2D eigenvalue weighted by Crippen LogP contribution is -2.24. The molecule has 2 aromatic rings.